The van der Waals surface area contributed by atoms with Gasteiger partial charge >= 0.3 is 0 Å². The summed E-state index contributed by atoms with van der Waals surface area (Å²) >= 11 is 0. The van der Waals surface area contributed by atoms with Crippen LogP contribution in [-0.4, -0.2) is 18.1 Å². The fourth-order valence-electron chi connectivity index (χ4n) is 1.25. The molecule has 0 radical (unpaired) electrons. The van der Waals surface area contributed by atoms with Crippen LogP contribution in [0.2, 0.25) is 0 Å². The molecule has 1 amide bonds. The Labute approximate surface area is 101 Å². The zero-order valence-electron chi connectivity index (χ0n) is 10.2. The fraction of sp³-hybridized carbons (Fsp3) is 0.231. The highest BCUT2D eigenvalue weighted by molar-refractivity contribution is 5.92. The summed E-state index contributed by atoms with van der Waals surface area (Å²) in [6.07, 6.45) is 0. The van der Waals surface area contributed by atoms with Crippen LogP contribution in [0.25, 0.3) is 11.3 Å². The maximum atomic E-state index is 11.2. The lowest BCUT2D eigenvalue weighted by Crippen LogP contribution is -2.16. The molecular weight excluding hydrogens is 216 g/mol. The number of benzene rings is 1. The molecule has 4 heteroatoms. The molecule has 1 heterocycles. The van der Waals surface area contributed by atoms with E-state index in [0.29, 0.717) is 5.69 Å². The van der Waals surface area contributed by atoms with Gasteiger partial charge in [-0.15, -0.1) is 0 Å². The van der Waals surface area contributed by atoms with Crippen LogP contribution in [0.4, 0.5) is 0 Å². The lowest BCUT2D eigenvalue weighted by molar-refractivity contribution is 0.0926. The molecule has 0 saturated heterocycles. The largest absolute Gasteiger partial charge is 0.352 e. The van der Waals surface area contributed by atoms with E-state index >= 15 is 0 Å². The molecule has 1 aromatic heterocycles. The van der Waals surface area contributed by atoms with Gasteiger partial charge in [-0.3, -0.25) is 4.79 Å². The summed E-state index contributed by atoms with van der Waals surface area (Å²) in [6.45, 7) is 4.00. The number of amides is 1. The van der Waals surface area contributed by atoms with E-state index in [4.69, 9.17) is 4.52 Å². The Kier molecular flexibility index (Phi) is 4.94. The van der Waals surface area contributed by atoms with Gasteiger partial charge in [0.1, 0.15) is 5.69 Å². The molecule has 0 spiro atoms. The predicted octanol–water partition coefficient (Wildman–Crippen LogP) is 2.73. The smallest absolute Gasteiger partial charge is 0.289 e. The monoisotopic (exact) mass is 232 g/mol. The molecule has 0 bridgehead atoms. The molecule has 0 aliphatic rings. The second-order valence-corrected chi connectivity index (χ2v) is 3.02. The molecule has 17 heavy (non-hydrogen) atoms. The second-order valence-electron chi connectivity index (χ2n) is 3.02. The molecule has 0 atom stereocenters. The first-order chi connectivity index (χ1) is 8.31. The fourth-order valence-corrected chi connectivity index (χ4v) is 1.25. The summed E-state index contributed by atoms with van der Waals surface area (Å²) in [5.41, 5.74) is 1.59. The molecule has 1 N–H and O–H groups in total. The molecule has 0 fully saturated rings. The zero-order valence-corrected chi connectivity index (χ0v) is 10.2. The quantitative estimate of drug-likeness (QED) is 0.866. The highest BCUT2D eigenvalue weighted by Gasteiger charge is 2.11. The topological polar surface area (TPSA) is 55.1 Å². The van der Waals surface area contributed by atoms with Crippen molar-refractivity contribution >= 4 is 5.91 Å². The van der Waals surface area contributed by atoms with Gasteiger partial charge in [-0.25, -0.2) is 0 Å². The van der Waals surface area contributed by atoms with Crippen molar-refractivity contribution < 1.29 is 9.32 Å². The third-order valence-corrected chi connectivity index (χ3v) is 2.03. The minimum absolute atomic E-state index is 0.219. The highest BCUT2D eigenvalue weighted by atomic mass is 16.5. The van der Waals surface area contributed by atoms with Crippen LogP contribution in [0.1, 0.15) is 24.4 Å². The van der Waals surface area contributed by atoms with E-state index < -0.39 is 0 Å². The van der Waals surface area contributed by atoms with Gasteiger partial charge < -0.3 is 9.84 Å². The van der Waals surface area contributed by atoms with Crippen molar-refractivity contribution in [2.24, 2.45) is 0 Å². The van der Waals surface area contributed by atoms with Gasteiger partial charge in [0.05, 0.1) is 0 Å². The summed E-state index contributed by atoms with van der Waals surface area (Å²) in [5, 5.41) is 6.29. The van der Waals surface area contributed by atoms with Crippen LogP contribution in [-0.2, 0) is 0 Å². The summed E-state index contributed by atoms with van der Waals surface area (Å²) in [7, 11) is 1.55. The summed E-state index contributed by atoms with van der Waals surface area (Å²) in [6, 6.07) is 11.2. The molecular formula is C13H16N2O2. The van der Waals surface area contributed by atoms with E-state index in [1.165, 1.54) is 0 Å². The van der Waals surface area contributed by atoms with Crippen LogP contribution in [0, 0.1) is 0 Å². The summed E-state index contributed by atoms with van der Waals surface area (Å²) in [5.74, 6) is -0.0546. The summed E-state index contributed by atoms with van der Waals surface area (Å²) < 4.78 is 4.91. The SMILES string of the molecule is CC.CNC(=O)c1cc(-c2ccccc2)no1. The maximum absolute atomic E-state index is 11.2. The van der Waals surface area contributed by atoms with Gasteiger partial charge in [0.2, 0.25) is 5.76 Å². The van der Waals surface area contributed by atoms with Crippen molar-refractivity contribution in [1.82, 2.24) is 10.5 Å². The van der Waals surface area contributed by atoms with Crippen LogP contribution in [0.3, 0.4) is 0 Å². The van der Waals surface area contributed by atoms with Crippen molar-refractivity contribution in [1.29, 1.82) is 0 Å². The number of aromatic nitrogens is 1. The Morgan fingerprint density at radius 2 is 1.88 bits per heavy atom. The minimum atomic E-state index is -0.273. The van der Waals surface area contributed by atoms with Crippen LogP contribution >= 0.6 is 0 Å². The van der Waals surface area contributed by atoms with E-state index in [1.54, 1.807) is 13.1 Å². The minimum Gasteiger partial charge on any atom is -0.352 e. The number of carbonyl (C=O) groups excluding carboxylic acids is 1. The van der Waals surface area contributed by atoms with Crippen LogP contribution in [0.15, 0.2) is 40.9 Å². The van der Waals surface area contributed by atoms with Crippen molar-refractivity contribution in [2.75, 3.05) is 7.05 Å². The molecule has 1 aromatic carbocycles. The molecule has 0 saturated carbocycles. The van der Waals surface area contributed by atoms with Crippen LogP contribution in [0.5, 0.6) is 0 Å². The molecule has 0 aliphatic heterocycles. The van der Waals surface area contributed by atoms with Crippen molar-refractivity contribution in [3.8, 4) is 11.3 Å². The van der Waals surface area contributed by atoms with E-state index in [0.717, 1.165) is 5.56 Å². The van der Waals surface area contributed by atoms with Gasteiger partial charge in [0.25, 0.3) is 5.91 Å². The molecule has 2 aromatic rings. The first-order valence-electron chi connectivity index (χ1n) is 5.55. The lowest BCUT2D eigenvalue weighted by atomic mass is 10.1. The third kappa shape index (κ3) is 3.17. The first-order valence-corrected chi connectivity index (χ1v) is 5.55. The predicted molar refractivity (Wildman–Crippen MR) is 66.7 cm³/mol. The zero-order chi connectivity index (χ0) is 12.7. The maximum Gasteiger partial charge on any atom is 0.289 e. The van der Waals surface area contributed by atoms with Crippen molar-refractivity contribution in [3.05, 3.63) is 42.2 Å². The van der Waals surface area contributed by atoms with E-state index in [-0.39, 0.29) is 11.7 Å². The number of carbonyl (C=O) groups is 1. The molecule has 90 valence electrons. The third-order valence-electron chi connectivity index (χ3n) is 2.03. The number of rotatable bonds is 2. The van der Waals surface area contributed by atoms with Gasteiger partial charge in [-0.2, -0.15) is 0 Å². The number of hydrogen-bond donors (Lipinski definition) is 1. The van der Waals surface area contributed by atoms with E-state index in [2.05, 4.69) is 10.5 Å². The summed E-state index contributed by atoms with van der Waals surface area (Å²) in [4.78, 5) is 11.2. The van der Waals surface area contributed by atoms with Crippen LogP contribution < -0.4 is 5.32 Å². The Morgan fingerprint density at radius 1 is 1.24 bits per heavy atom. The van der Waals surface area contributed by atoms with Gasteiger partial charge in [-0.1, -0.05) is 49.3 Å². The number of nitrogens with zero attached hydrogens (tertiary/aromatic N) is 1. The number of nitrogens with one attached hydrogen (secondary N) is 1. The van der Waals surface area contributed by atoms with Gasteiger partial charge in [-0.05, 0) is 0 Å². The van der Waals surface area contributed by atoms with E-state index in [1.807, 2.05) is 44.2 Å². The Balaban J connectivity index is 0.000000686. The van der Waals surface area contributed by atoms with E-state index in [9.17, 15) is 4.79 Å². The standard InChI is InChI=1S/C11H10N2O2.C2H6/c1-12-11(14)10-7-9(13-15-10)8-5-3-2-4-6-8;1-2/h2-7H,1H3,(H,12,14);1-2H3. The van der Waals surface area contributed by atoms with Gasteiger partial charge in [0.15, 0.2) is 0 Å². The molecule has 2 rings (SSSR count). The normalized spacial score (nSPS) is 9.12. The lowest BCUT2D eigenvalue weighted by Gasteiger charge is -1.91. The molecule has 0 aliphatic carbocycles. The highest BCUT2D eigenvalue weighted by Crippen LogP contribution is 2.18. The average molecular weight is 232 g/mol. The first kappa shape index (κ1) is 13.0. The Bertz CT molecular complexity index is 463. The average Bonchev–Trinajstić information content (AvgIpc) is 2.91. The van der Waals surface area contributed by atoms with Gasteiger partial charge in [0, 0.05) is 18.7 Å². The Hall–Kier alpha value is -2.10. The van der Waals surface area contributed by atoms with Crippen molar-refractivity contribution in [3.63, 3.8) is 0 Å². The van der Waals surface area contributed by atoms with Crippen molar-refractivity contribution in [2.45, 2.75) is 13.8 Å². The molecule has 4 nitrogen and oxygen atoms in total. The second kappa shape index (κ2) is 6.48. The Morgan fingerprint density at radius 3 is 2.47 bits per heavy atom. The number of hydrogen-bond acceptors (Lipinski definition) is 3. The molecule has 0 unspecified atom stereocenters.